The molecule has 2 fully saturated rings. The number of ether oxygens (including phenoxy) is 1. The van der Waals surface area contributed by atoms with Gasteiger partial charge in [0.1, 0.15) is 0 Å². The summed E-state index contributed by atoms with van der Waals surface area (Å²) in [5.41, 5.74) is 1.14. The molecule has 0 amide bonds. The van der Waals surface area contributed by atoms with Gasteiger partial charge >= 0.3 is 0 Å². The number of benzene rings is 1. The zero-order valence-electron chi connectivity index (χ0n) is 16.9. The quantitative estimate of drug-likeness (QED) is 0.530. The molecule has 1 spiro atoms. The highest BCUT2D eigenvalue weighted by Crippen LogP contribution is 2.57. The van der Waals surface area contributed by atoms with E-state index in [1.807, 2.05) is 24.3 Å². The van der Waals surface area contributed by atoms with Gasteiger partial charge < -0.3 is 19.9 Å². The SMILES string of the molecule is CCOC1CC(NC(=NC)NCCc2nc(-c3cccc(Cl)c3)no2)C12CCC2. The Bertz CT molecular complexity index is 864. The topological polar surface area (TPSA) is 84.6 Å². The molecule has 156 valence electrons. The highest BCUT2D eigenvalue weighted by Gasteiger charge is 2.59. The summed E-state index contributed by atoms with van der Waals surface area (Å²) >= 11 is 6.03. The van der Waals surface area contributed by atoms with E-state index < -0.39 is 0 Å². The molecule has 7 nitrogen and oxygen atoms in total. The van der Waals surface area contributed by atoms with Crippen LogP contribution in [0.2, 0.25) is 5.02 Å². The zero-order valence-corrected chi connectivity index (χ0v) is 17.7. The lowest BCUT2D eigenvalue weighted by Gasteiger charge is -2.61. The molecule has 2 atom stereocenters. The normalized spacial score (nSPS) is 22.8. The van der Waals surface area contributed by atoms with E-state index in [2.05, 4.69) is 32.7 Å². The number of guanidine groups is 1. The minimum absolute atomic E-state index is 0.298. The predicted molar refractivity (Wildman–Crippen MR) is 113 cm³/mol. The van der Waals surface area contributed by atoms with Crippen LogP contribution < -0.4 is 10.6 Å². The summed E-state index contributed by atoms with van der Waals surface area (Å²) in [4.78, 5) is 8.83. The Labute approximate surface area is 176 Å². The third-order valence-electron chi connectivity index (χ3n) is 6.15. The maximum Gasteiger partial charge on any atom is 0.228 e. The van der Waals surface area contributed by atoms with Crippen molar-refractivity contribution in [1.82, 2.24) is 20.8 Å². The van der Waals surface area contributed by atoms with Crippen molar-refractivity contribution < 1.29 is 9.26 Å². The fourth-order valence-electron chi connectivity index (χ4n) is 4.39. The van der Waals surface area contributed by atoms with E-state index in [9.17, 15) is 0 Å². The van der Waals surface area contributed by atoms with E-state index in [0.29, 0.717) is 47.3 Å². The molecule has 29 heavy (non-hydrogen) atoms. The van der Waals surface area contributed by atoms with Crippen LogP contribution in [-0.2, 0) is 11.2 Å². The molecule has 4 rings (SSSR count). The average molecular weight is 418 g/mol. The highest BCUT2D eigenvalue weighted by molar-refractivity contribution is 6.30. The molecule has 2 N–H and O–H groups in total. The van der Waals surface area contributed by atoms with E-state index in [0.717, 1.165) is 24.6 Å². The minimum atomic E-state index is 0.298. The van der Waals surface area contributed by atoms with Gasteiger partial charge in [-0.3, -0.25) is 4.99 Å². The van der Waals surface area contributed by atoms with Crippen LogP contribution in [0, 0.1) is 5.41 Å². The Morgan fingerprint density at radius 1 is 1.41 bits per heavy atom. The molecule has 2 aliphatic carbocycles. The predicted octanol–water partition coefficient (Wildman–Crippen LogP) is 3.45. The van der Waals surface area contributed by atoms with Gasteiger partial charge in [0.2, 0.25) is 11.7 Å². The summed E-state index contributed by atoms with van der Waals surface area (Å²) in [6, 6.07) is 7.86. The molecule has 8 heteroatoms. The summed E-state index contributed by atoms with van der Waals surface area (Å²) in [5.74, 6) is 1.94. The number of nitrogens with one attached hydrogen (secondary N) is 2. The van der Waals surface area contributed by atoms with Crippen LogP contribution in [0.25, 0.3) is 11.4 Å². The number of aliphatic imine (C=N–C) groups is 1. The maximum atomic E-state index is 6.03. The smallest absolute Gasteiger partial charge is 0.228 e. The number of hydrogen-bond acceptors (Lipinski definition) is 5. The Morgan fingerprint density at radius 2 is 2.28 bits per heavy atom. The van der Waals surface area contributed by atoms with Crippen LogP contribution in [0.1, 0.15) is 38.5 Å². The van der Waals surface area contributed by atoms with Gasteiger partial charge in [-0.15, -0.1) is 0 Å². The zero-order chi connectivity index (χ0) is 20.3. The van der Waals surface area contributed by atoms with Gasteiger partial charge in [0, 0.05) is 48.7 Å². The molecule has 2 aromatic rings. The van der Waals surface area contributed by atoms with Crippen molar-refractivity contribution in [2.45, 2.75) is 51.2 Å². The number of nitrogens with zero attached hydrogens (tertiary/aromatic N) is 3. The summed E-state index contributed by atoms with van der Waals surface area (Å²) < 4.78 is 11.3. The van der Waals surface area contributed by atoms with Gasteiger partial charge in [-0.2, -0.15) is 4.98 Å². The van der Waals surface area contributed by atoms with E-state index in [4.69, 9.17) is 20.9 Å². The lowest BCUT2D eigenvalue weighted by Crippen LogP contribution is -2.68. The molecule has 2 aliphatic rings. The third kappa shape index (κ3) is 4.12. The molecule has 0 bridgehead atoms. The van der Waals surface area contributed by atoms with Gasteiger partial charge in [0.15, 0.2) is 5.96 Å². The van der Waals surface area contributed by atoms with Crippen LogP contribution in [0.4, 0.5) is 0 Å². The fraction of sp³-hybridized carbons (Fsp3) is 0.571. The molecular formula is C21H28ClN5O2. The van der Waals surface area contributed by atoms with E-state index >= 15 is 0 Å². The van der Waals surface area contributed by atoms with Crippen LogP contribution >= 0.6 is 11.6 Å². The van der Waals surface area contributed by atoms with Crippen LogP contribution in [0.5, 0.6) is 0 Å². The number of hydrogen-bond donors (Lipinski definition) is 2. The first-order valence-corrected chi connectivity index (χ1v) is 10.7. The number of rotatable bonds is 7. The van der Waals surface area contributed by atoms with Gasteiger partial charge in [-0.05, 0) is 38.3 Å². The molecule has 2 unspecified atom stereocenters. The van der Waals surface area contributed by atoms with Crippen molar-refractivity contribution in [3.05, 3.63) is 35.2 Å². The third-order valence-corrected chi connectivity index (χ3v) is 6.39. The fourth-order valence-corrected chi connectivity index (χ4v) is 4.58. The van der Waals surface area contributed by atoms with Gasteiger partial charge in [0.05, 0.1) is 6.10 Å². The number of halogens is 1. The van der Waals surface area contributed by atoms with Crippen LogP contribution in [0.15, 0.2) is 33.8 Å². The Hall–Kier alpha value is -2.12. The first-order chi connectivity index (χ1) is 14.1. The molecule has 0 radical (unpaired) electrons. The van der Waals surface area contributed by atoms with Crippen molar-refractivity contribution in [2.24, 2.45) is 10.4 Å². The van der Waals surface area contributed by atoms with E-state index in [1.165, 1.54) is 19.3 Å². The first kappa shape index (κ1) is 20.2. The highest BCUT2D eigenvalue weighted by atomic mass is 35.5. The van der Waals surface area contributed by atoms with E-state index in [1.54, 1.807) is 7.05 Å². The Kier molecular flexibility index (Phi) is 6.06. The summed E-state index contributed by atoms with van der Waals surface area (Å²) in [5, 5.41) is 11.6. The van der Waals surface area contributed by atoms with Gasteiger partial charge in [-0.25, -0.2) is 0 Å². The van der Waals surface area contributed by atoms with Crippen molar-refractivity contribution in [2.75, 3.05) is 20.2 Å². The van der Waals surface area contributed by atoms with Gasteiger partial charge in [-0.1, -0.05) is 35.3 Å². The van der Waals surface area contributed by atoms with Crippen LogP contribution in [0.3, 0.4) is 0 Å². The summed E-state index contributed by atoms with van der Waals surface area (Å²) in [6.07, 6.45) is 5.81. The second-order valence-corrected chi connectivity index (χ2v) is 8.17. The lowest BCUT2D eigenvalue weighted by molar-refractivity contribution is -0.168. The van der Waals surface area contributed by atoms with Crippen molar-refractivity contribution >= 4 is 17.6 Å². The maximum absolute atomic E-state index is 6.03. The second kappa shape index (κ2) is 8.71. The monoisotopic (exact) mass is 417 g/mol. The molecule has 0 saturated heterocycles. The lowest BCUT2D eigenvalue weighted by atomic mass is 9.51. The standard InChI is InChI=1S/C21H28ClN5O2/c1-3-28-17-13-16(21(17)9-5-10-21)25-20(23-2)24-11-8-18-26-19(27-29-18)14-6-4-7-15(22)12-14/h4,6-7,12,16-17H,3,5,8-11,13H2,1-2H3,(H2,23,24,25). The van der Waals surface area contributed by atoms with Gasteiger partial charge in [0.25, 0.3) is 0 Å². The van der Waals surface area contributed by atoms with Crippen LogP contribution in [-0.4, -0.2) is 48.4 Å². The van der Waals surface area contributed by atoms with Crippen molar-refractivity contribution in [3.8, 4) is 11.4 Å². The molecule has 1 aromatic heterocycles. The number of aromatic nitrogens is 2. The first-order valence-electron chi connectivity index (χ1n) is 10.3. The largest absolute Gasteiger partial charge is 0.378 e. The minimum Gasteiger partial charge on any atom is -0.378 e. The van der Waals surface area contributed by atoms with Crippen molar-refractivity contribution in [1.29, 1.82) is 0 Å². The molecule has 1 heterocycles. The van der Waals surface area contributed by atoms with Crippen molar-refractivity contribution in [3.63, 3.8) is 0 Å². The molecule has 2 saturated carbocycles. The summed E-state index contributed by atoms with van der Waals surface area (Å²) in [7, 11) is 1.80. The molecule has 1 aromatic carbocycles. The Balaban J connectivity index is 1.27. The Morgan fingerprint density at radius 3 is 2.97 bits per heavy atom. The van der Waals surface area contributed by atoms with E-state index in [-0.39, 0.29) is 0 Å². The average Bonchev–Trinajstić information content (AvgIpc) is 3.13. The summed E-state index contributed by atoms with van der Waals surface area (Å²) in [6.45, 7) is 3.52. The molecular weight excluding hydrogens is 390 g/mol. The molecule has 0 aliphatic heterocycles. The second-order valence-electron chi connectivity index (χ2n) is 7.73.